The molecule has 0 N–H and O–H groups in total. The van der Waals surface area contributed by atoms with Crippen LogP contribution < -0.4 is 0 Å². The molecule has 0 heterocycles. The van der Waals surface area contributed by atoms with Crippen LogP contribution in [-0.2, 0) is 35.5 Å². The van der Waals surface area contributed by atoms with Crippen molar-refractivity contribution in [1.82, 2.24) is 0 Å². The fraction of sp³-hybridized carbons (Fsp3) is 0.667. The number of hydrogen-bond donors (Lipinski definition) is 0. The minimum absolute atomic E-state index is 0. The molecule has 0 aromatic heterocycles. The van der Waals surface area contributed by atoms with Gasteiger partial charge in [-0.05, 0) is 98.2 Å². The molecule has 0 saturated heterocycles. The molecule has 0 radical (unpaired) electrons. The summed E-state index contributed by atoms with van der Waals surface area (Å²) in [7, 11) is -11.4. The van der Waals surface area contributed by atoms with Gasteiger partial charge in [-0.15, -0.1) is 0 Å². The van der Waals surface area contributed by atoms with E-state index < -0.39 is 55.6 Å². The van der Waals surface area contributed by atoms with Crippen LogP contribution in [0.2, 0.25) is 70.5 Å². The van der Waals surface area contributed by atoms with Crippen LogP contribution in [0.4, 0.5) is 13.2 Å². The summed E-state index contributed by atoms with van der Waals surface area (Å²) in [5.41, 5.74) is 0.902. The highest BCUT2D eigenvalue weighted by Crippen LogP contribution is 2.32. The molecular formula is C54H131F3O8Si5. The summed E-state index contributed by atoms with van der Waals surface area (Å²) in [5, 5.41) is 0. The van der Waals surface area contributed by atoms with E-state index in [9.17, 15) is 22.8 Å². The number of alkyl halides is 3. The summed E-state index contributed by atoms with van der Waals surface area (Å²) in [6.45, 7) is 34.4. The third kappa shape index (κ3) is 79.7. The van der Waals surface area contributed by atoms with Gasteiger partial charge < -0.3 is 25.9 Å². The summed E-state index contributed by atoms with van der Waals surface area (Å²) < 4.78 is 72.7. The maximum atomic E-state index is 12.9. The molecule has 0 amide bonds. The molecule has 0 aliphatic carbocycles. The fourth-order valence-electron chi connectivity index (χ4n) is 3.93. The van der Waals surface area contributed by atoms with Crippen molar-refractivity contribution >= 4 is 55.0 Å². The highest BCUT2D eigenvalue weighted by Gasteiger charge is 2.46. The van der Waals surface area contributed by atoms with Crippen molar-refractivity contribution in [3.8, 4) is 0 Å². The monoisotopic (exact) mass is 1100 g/mol. The molecule has 2 unspecified atom stereocenters. The zero-order chi connectivity index (χ0) is 43.4. The molecule has 0 saturated carbocycles. The molecule has 0 bridgehead atoms. The van der Waals surface area contributed by atoms with E-state index in [-0.39, 0.29) is 129 Å². The van der Waals surface area contributed by atoms with Gasteiger partial charge in [-0.3, -0.25) is 0 Å². The summed E-state index contributed by atoms with van der Waals surface area (Å²) in [6.07, 6.45) is -5.10. The second kappa shape index (κ2) is 64.6. The van der Waals surface area contributed by atoms with E-state index in [0.717, 1.165) is 12.1 Å². The summed E-state index contributed by atoms with van der Waals surface area (Å²) in [4.78, 5) is 20.8. The average Bonchev–Trinajstić information content (AvgIpc) is 3.09. The highest BCUT2D eigenvalue weighted by atomic mass is 28.5. The van der Waals surface area contributed by atoms with E-state index >= 15 is 0 Å². The summed E-state index contributed by atoms with van der Waals surface area (Å²) in [5.74, 6) is -0.625. The lowest BCUT2D eigenvalue weighted by Gasteiger charge is -2.41. The van der Waals surface area contributed by atoms with Crippen molar-refractivity contribution in [2.75, 3.05) is 13.2 Å². The highest BCUT2D eigenvalue weighted by molar-refractivity contribution is 6.88. The van der Waals surface area contributed by atoms with Crippen molar-refractivity contribution < 1.29 is 48.7 Å². The van der Waals surface area contributed by atoms with Gasteiger partial charge in [0.05, 0.1) is 13.2 Å². The quantitative estimate of drug-likeness (QED) is 0.0933. The number of halogens is 3. The lowest BCUT2D eigenvalue weighted by molar-refractivity contribution is -0.139. The first-order chi connectivity index (χ1) is 25.2. The van der Waals surface area contributed by atoms with Crippen molar-refractivity contribution in [3.05, 3.63) is 97.1 Å². The van der Waals surface area contributed by atoms with Gasteiger partial charge in [0.2, 0.25) is 0 Å². The first kappa shape index (κ1) is 122. The van der Waals surface area contributed by atoms with Crippen LogP contribution in [0.15, 0.2) is 97.1 Å². The topological polar surface area (TPSA) is 89.5 Å². The second-order valence-corrected chi connectivity index (χ2v) is 32.9. The SMILES string of the molecule is C.C.C.C.C.C.C.C.C.C.C.C.C.C.C.C=C(C)C(=O)OCC.C=C(C)C(=O)OCC.CC[Si](C)(C)O[SiH](C)O[Si](C)(C)O[Si](C)(CCC(F)(F)F)O[Si](C)(C)CC.c1ccccc1.c1ccccc1. The average molecular weight is 1110 g/mol. The van der Waals surface area contributed by atoms with Crippen molar-refractivity contribution in [2.24, 2.45) is 0 Å². The Morgan fingerprint density at radius 2 is 0.743 bits per heavy atom. The van der Waals surface area contributed by atoms with E-state index in [1.807, 2.05) is 112 Å². The molecule has 0 spiro atoms. The first-order valence-electron chi connectivity index (χ1n) is 18.7. The van der Waals surface area contributed by atoms with Gasteiger partial charge in [0.1, 0.15) is 0 Å². The van der Waals surface area contributed by atoms with Gasteiger partial charge >= 0.3 is 35.2 Å². The van der Waals surface area contributed by atoms with Crippen molar-refractivity contribution in [2.45, 2.75) is 236 Å². The van der Waals surface area contributed by atoms with Crippen LogP contribution in [0, 0.1) is 0 Å². The van der Waals surface area contributed by atoms with E-state index in [1.165, 1.54) is 0 Å². The smallest absolute Gasteiger partial charge is 0.389 e. The minimum Gasteiger partial charge on any atom is -0.463 e. The number of carbonyl (C=O) groups is 2. The van der Waals surface area contributed by atoms with Crippen molar-refractivity contribution in [3.63, 3.8) is 0 Å². The Hall–Kier alpha value is -2.43. The molecule has 2 aromatic rings. The lowest BCUT2D eigenvalue weighted by atomic mass is 10.4. The first-order valence-corrected chi connectivity index (χ1v) is 32.4. The van der Waals surface area contributed by atoms with Gasteiger partial charge in [-0.25, -0.2) is 9.59 Å². The van der Waals surface area contributed by atoms with E-state index in [0.29, 0.717) is 24.4 Å². The van der Waals surface area contributed by atoms with Gasteiger partial charge in [0.15, 0.2) is 16.6 Å². The Kier molecular flexibility index (Phi) is 112. The Bertz CT molecular complexity index is 1210. The normalized spacial score (nSPS) is 10.1. The maximum absolute atomic E-state index is 12.9. The molecule has 0 fully saturated rings. The minimum atomic E-state index is -4.21. The lowest BCUT2D eigenvalue weighted by Crippen LogP contribution is -2.57. The molecular weight excluding hydrogens is 974 g/mol. The van der Waals surface area contributed by atoms with Crippen molar-refractivity contribution in [1.29, 1.82) is 0 Å². The van der Waals surface area contributed by atoms with E-state index in [2.05, 4.69) is 42.6 Å². The van der Waals surface area contributed by atoms with Crippen LogP contribution in [0.3, 0.4) is 0 Å². The van der Waals surface area contributed by atoms with E-state index in [4.69, 9.17) is 16.5 Å². The standard InChI is InChI=1S/C15H39F3O4Si5.2C6H10O2.2C6H6.15CH4/c1-11-24(4,5)19-23(3)20-26(8,9)22-27(10,14-13-15(16,17)18)21-25(6,7)12-2;2*1-4-8-6(7)5(2)3;2*1-2-4-6-5-3-1;;;;;;;;;;;;;;;/h23H,11-14H2,1-10H3;2*2,4H2,1,3H3;2*1-6H;15*1H4. The van der Waals surface area contributed by atoms with Gasteiger partial charge in [0.25, 0.3) is 9.28 Å². The van der Waals surface area contributed by atoms with Crippen LogP contribution in [0.5, 0.6) is 0 Å². The van der Waals surface area contributed by atoms with Gasteiger partial charge in [0, 0.05) is 17.6 Å². The molecule has 0 aliphatic rings. The molecule has 2 rings (SSSR count). The van der Waals surface area contributed by atoms with Crippen LogP contribution in [0.1, 0.15) is 159 Å². The number of rotatable bonds is 16. The predicted molar refractivity (Wildman–Crippen MR) is 335 cm³/mol. The number of carbonyl (C=O) groups excluding carboxylic acids is 2. The number of hydrogen-bond acceptors (Lipinski definition) is 8. The largest absolute Gasteiger partial charge is 0.463 e. The zero-order valence-electron chi connectivity index (χ0n) is 36.1. The van der Waals surface area contributed by atoms with Crippen LogP contribution >= 0.6 is 0 Å². The van der Waals surface area contributed by atoms with Crippen LogP contribution in [-0.4, -0.2) is 74.4 Å². The molecule has 436 valence electrons. The number of esters is 2. The summed E-state index contributed by atoms with van der Waals surface area (Å²) in [6, 6.07) is 25.7. The molecule has 2 atom stereocenters. The summed E-state index contributed by atoms with van der Waals surface area (Å²) >= 11 is 0. The Labute approximate surface area is 448 Å². The molecule has 16 heteroatoms. The molecule has 70 heavy (non-hydrogen) atoms. The third-order valence-corrected chi connectivity index (χ3v) is 26.7. The molecule has 2 aromatic carbocycles. The van der Waals surface area contributed by atoms with Crippen LogP contribution in [0.25, 0.3) is 0 Å². The van der Waals surface area contributed by atoms with Gasteiger partial charge in [-0.2, -0.15) is 13.2 Å². The Morgan fingerprint density at radius 1 is 0.486 bits per heavy atom. The molecule has 8 nitrogen and oxygen atoms in total. The Morgan fingerprint density at radius 3 is 0.929 bits per heavy atom. The number of benzene rings is 2. The maximum Gasteiger partial charge on any atom is 0.389 e. The zero-order valence-corrected chi connectivity index (χ0v) is 41.2. The van der Waals surface area contributed by atoms with Gasteiger partial charge in [-0.1, -0.05) is 211 Å². The third-order valence-electron chi connectivity index (χ3n) is 7.04. The Balaban J connectivity index is -0.0000000331. The van der Waals surface area contributed by atoms with E-state index in [1.54, 1.807) is 34.2 Å². The number of ether oxygens (including phenoxy) is 2. The predicted octanol–water partition coefficient (Wildman–Crippen LogP) is 21.2. The second-order valence-electron chi connectivity index (χ2n) is 14.2. The fourth-order valence-corrected chi connectivity index (χ4v) is 24.1. The molecule has 0 aliphatic heterocycles.